The van der Waals surface area contributed by atoms with Gasteiger partial charge in [0.05, 0.1) is 6.54 Å². The topological polar surface area (TPSA) is 72.4 Å². The molecule has 0 unspecified atom stereocenters. The first kappa shape index (κ1) is 13.0. The van der Waals surface area contributed by atoms with Gasteiger partial charge in [-0.2, -0.15) is 0 Å². The van der Waals surface area contributed by atoms with Gasteiger partial charge < -0.3 is 15.6 Å². The third-order valence-corrected chi connectivity index (χ3v) is 2.48. The van der Waals surface area contributed by atoms with Crippen LogP contribution in [0.3, 0.4) is 0 Å². The highest BCUT2D eigenvalue weighted by Gasteiger charge is 2.02. The molecule has 0 amide bonds. The van der Waals surface area contributed by atoms with E-state index in [1.54, 1.807) is 23.8 Å². The van der Waals surface area contributed by atoms with Crippen molar-refractivity contribution in [2.45, 2.75) is 13.5 Å². The maximum absolute atomic E-state index is 11.8. The number of nitrogens with zero attached hydrogens (tertiary/aromatic N) is 2. The SMILES string of the molecule is C=CCNC(N)=NCc1ccc(C)n(C)c1=O. The minimum Gasteiger partial charge on any atom is -0.370 e. The van der Waals surface area contributed by atoms with Gasteiger partial charge in [-0.15, -0.1) is 6.58 Å². The second kappa shape index (κ2) is 5.89. The van der Waals surface area contributed by atoms with Crippen LogP contribution in [0.25, 0.3) is 0 Å². The Labute approximate surface area is 101 Å². The first-order chi connectivity index (χ1) is 8.06. The Morgan fingerprint density at radius 3 is 3.00 bits per heavy atom. The zero-order chi connectivity index (χ0) is 12.8. The van der Waals surface area contributed by atoms with Crippen LogP contribution in [-0.4, -0.2) is 17.1 Å². The molecular formula is C12H18N4O. The molecular weight excluding hydrogens is 216 g/mol. The van der Waals surface area contributed by atoms with Crippen molar-refractivity contribution in [2.75, 3.05) is 6.54 Å². The Hall–Kier alpha value is -2.04. The molecule has 1 aromatic rings. The smallest absolute Gasteiger partial charge is 0.255 e. The molecule has 0 aliphatic heterocycles. The van der Waals surface area contributed by atoms with Gasteiger partial charge in [-0.05, 0) is 19.1 Å². The highest BCUT2D eigenvalue weighted by atomic mass is 16.1. The summed E-state index contributed by atoms with van der Waals surface area (Å²) in [5.41, 5.74) is 7.11. The minimum absolute atomic E-state index is 0.0368. The molecule has 0 fully saturated rings. The Bertz CT molecular complexity index is 488. The van der Waals surface area contributed by atoms with E-state index < -0.39 is 0 Å². The summed E-state index contributed by atoms with van der Waals surface area (Å²) in [5.74, 6) is 0.313. The van der Waals surface area contributed by atoms with Crippen molar-refractivity contribution in [2.24, 2.45) is 17.8 Å². The standard InChI is InChI=1S/C12H18N4O/c1-4-7-14-12(13)15-8-10-6-5-9(2)16(3)11(10)17/h4-6H,1,7-8H2,2-3H3,(H3,13,14,15). The fourth-order valence-electron chi connectivity index (χ4n) is 1.30. The Kier molecular flexibility index (Phi) is 4.51. The molecule has 5 nitrogen and oxygen atoms in total. The van der Waals surface area contributed by atoms with Crippen molar-refractivity contribution in [3.63, 3.8) is 0 Å². The van der Waals surface area contributed by atoms with Gasteiger partial charge in [0.25, 0.3) is 5.56 Å². The van der Waals surface area contributed by atoms with Crippen molar-refractivity contribution >= 4 is 5.96 Å². The number of hydrogen-bond donors (Lipinski definition) is 2. The molecule has 0 aromatic carbocycles. The summed E-state index contributed by atoms with van der Waals surface area (Å²) in [6.45, 7) is 6.28. The van der Waals surface area contributed by atoms with Gasteiger partial charge in [-0.1, -0.05) is 6.08 Å². The third-order valence-electron chi connectivity index (χ3n) is 2.48. The van der Waals surface area contributed by atoms with E-state index in [0.29, 0.717) is 18.1 Å². The second-order valence-electron chi connectivity index (χ2n) is 3.74. The number of guanidine groups is 1. The second-order valence-corrected chi connectivity index (χ2v) is 3.74. The van der Waals surface area contributed by atoms with Gasteiger partial charge in [0.2, 0.25) is 0 Å². The summed E-state index contributed by atoms with van der Waals surface area (Å²) in [4.78, 5) is 15.9. The number of aliphatic imine (C=N–C) groups is 1. The van der Waals surface area contributed by atoms with Gasteiger partial charge in [0, 0.05) is 24.8 Å². The Balaban J connectivity index is 2.80. The first-order valence-corrected chi connectivity index (χ1v) is 5.36. The Morgan fingerprint density at radius 1 is 1.65 bits per heavy atom. The molecule has 1 rings (SSSR count). The zero-order valence-corrected chi connectivity index (χ0v) is 10.2. The van der Waals surface area contributed by atoms with Crippen LogP contribution in [0, 0.1) is 6.92 Å². The molecule has 92 valence electrons. The molecule has 0 radical (unpaired) electrons. The van der Waals surface area contributed by atoms with Crippen LogP contribution in [-0.2, 0) is 13.6 Å². The largest absolute Gasteiger partial charge is 0.370 e. The average molecular weight is 234 g/mol. The van der Waals surface area contributed by atoms with E-state index >= 15 is 0 Å². The molecule has 0 aliphatic rings. The molecule has 0 aliphatic carbocycles. The molecule has 3 N–H and O–H groups in total. The fraction of sp³-hybridized carbons (Fsp3) is 0.333. The average Bonchev–Trinajstić information content (AvgIpc) is 2.32. The van der Waals surface area contributed by atoms with E-state index in [0.717, 1.165) is 5.69 Å². The minimum atomic E-state index is -0.0368. The molecule has 0 saturated heterocycles. The quantitative estimate of drug-likeness (QED) is 0.446. The summed E-state index contributed by atoms with van der Waals surface area (Å²) in [7, 11) is 1.74. The van der Waals surface area contributed by atoms with Crippen molar-refractivity contribution in [1.29, 1.82) is 0 Å². The van der Waals surface area contributed by atoms with Crippen LogP contribution in [0.1, 0.15) is 11.3 Å². The number of pyridine rings is 1. The summed E-state index contributed by atoms with van der Waals surface area (Å²) < 4.78 is 1.60. The summed E-state index contributed by atoms with van der Waals surface area (Å²) >= 11 is 0. The number of aryl methyl sites for hydroxylation is 1. The van der Waals surface area contributed by atoms with Crippen LogP contribution < -0.4 is 16.6 Å². The molecule has 0 spiro atoms. The van der Waals surface area contributed by atoms with Gasteiger partial charge in [-0.3, -0.25) is 4.79 Å². The maximum Gasteiger partial charge on any atom is 0.255 e. The highest BCUT2D eigenvalue weighted by Crippen LogP contribution is 1.98. The molecule has 1 aromatic heterocycles. The van der Waals surface area contributed by atoms with E-state index in [4.69, 9.17) is 5.73 Å². The molecule has 1 heterocycles. The van der Waals surface area contributed by atoms with E-state index in [1.165, 1.54) is 0 Å². The number of hydrogen-bond acceptors (Lipinski definition) is 2. The molecule has 5 heteroatoms. The lowest BCUT2D eigenvalue weighted by molar-refractivity contribution is 0.793. The number of nitrogens with two attached hydrogens (primary N) is 1. The summed E-state index contributed by atoms with van der Waals surface area (Å²) in [6, 6.07) is 3.67. The lowest BCUT2D eigenvalue weighted by atomic mass is 10.2. The Morgan fingerprint density at radius 2 is 2.35 bits per heavy atom. The summed E-state index contributed by atoms with van der Waals surface area (Å²) in [5, 5.41) is 2.85. The molecule has 17 heavy (non-hydrogen) atoms. The van der Waals surface area contributed by atoms with E-state index in [2.05, 4.69) is 16.9 Å². The van der Waals surface area contributed by atoms with Crippen molar-refractivity contribution in [3.05, 3.63) is 46.4 Å². The van der Waals surface area contributed by atoms with Gasteiger partial charge >= 0.3 is 0 Å². The monoisotopic (exact) mass is 234 g/mol. The van der Waals surface area contributed by atoms with Crippen LogP contribution in [0.4, 0.5) is 0 Å². The van der Waals surface area contributed by atoms with E-state index in [9.17, 15) is 4.79 Å². The van der Waals surface area contributed by atoms with E-state index in [1.807, 2.05) is 13.0 Å². The third kappa shape index (κ3) is 3.48. The van der Waals surface area contributed by atoms with Crippen molar-refractivity contribution in [3.8, 4) is 0 Å². The first-order valence-electron chi connectivity index (χ1n) is 5.36. The zero-order valence-electron chi connectivity index (χ0n) is 10.2. The molecule has 0 atom stereocenters. The van der Waals surface area contributed by atoms with Crippen LogP contribution in [0.5, 0.6) is 0 Å². The maximum atomic E-state index is 11.8. The van der Waals surface area contributed by atoms with Crippen LogP contribution in [0.15, 0.2) is 34.6 Å². The highest BCUT2D eigenvalue weighted by molar-refractivity contribution is 5.77. The lowest BCUT2D eigenvalue weighted by Crippen LogP contribution is -2.32. The van der Waals surface area contributed by atoms with Crippen molar-refractivity contribution in [1.82, 2.24) is 9.88 Å². The van der Waals surface area contributed by atoms with Gasteiger partial charge in [0.15, 0.2) is 5.96 Å². The number of aromatic nitrogens is 1. The predicted molar refractivity (Wildman–Crippen MR) is 69.9 cm³/mol. The predicted octanol–water partition coefficient (Wildman–Crippen LogP) is 0.284. The normalized spacial score (nSPS) is 11.3. The number of rotatable bonds is 4. The summed E-state index contributed by atoms with van der Waals surface area (Å²) in [6.07, 6.45) is 1.69. The lowest BCUT2D eigenvalue weighted by Gasteiger charge is -2.06. The fourth-order valence-corrected chi connectivity index (χ4v) is 1.30. The van der Waals surface area contributed by atoms with Crippen LogP contribution in [0.2, 0.25) is 0 Å². The number of nitrogens with one attached hydrogen (secondary N) is 1. The molecule has 0 saturated carbocycles. The van der Waals surface area contributed by atoms with Crippen molar-refractivity contribution < 1.29 is 0 Å². The van der Waals surface area contributed by atoms with Gasteiger partial charge in [-0.25, -0.2) is 4.99 Å². The van der Waals surface area contributed by atoms with Crippen LogP contribution >= 0.6 is 0 Å². The van der Waals surface area contributed by atoms with E-state index in [-0.39, 0.29) is 12.1 Å². The molecule has 0 bridgehead atoms. The van der Waals surface area contributed by atoms with Gasteiger partial charge in [0.1, 0.15) is 0 Å².